The molecule has 2 aliphatic heterocycles. The van der Waals surface area contributed by atoms with Crippen LogP contribution in [0.4, 0.5) is 4.79 Å². The van der Waals surface area contributed by atoms with Crippen molar-refractivity contribution in [3.8, 4) is 11.5 Å². The van der Waals surface area contributed by atoms with Crippen molar-refractivity contribution in [2.45, 2.75) is 38.7 Å². The average molecular weight is 450 g/mol. The summed E-state index contributed by atoms with van der Waals surface area (Å²) in [5, 5.41) is 22.4. The third-order valence-corrected chi connectivity index (χ3v) is 6.21. The second-order valence-electron chi connectivity index (χ2n) is 8.68. The summed E-state index contributed by atoms with van der Waals surface area (Å²) < 4.78 is 11.6. The van der Waals surface area contributed by atoms with Crippen molar-refractivity contribution < 1.29 is 29.3 Å². The number of unbranched alkanes of at least 4 members (excludes halogenated alkanes) is 1. The Hall–Kier alpha value is -2.52. The SMILES string of the molecule is Cc1ccc(C(=O)NC[C@@H]2CCN(CCCCN(C)C(=O)O)CC2O)c2c1OCCCO2. The molecule has 2 amide bonds. The molecule has 0 saturated carbocycles. The molecule has 1 aromatic carbocycles. The van der Waals surface area contributed by atoms with Gasteiger partial charge < -0.3 is 34.8 Å². The Labute approximate surface area is 189 Å². The Bertz CT molecular complexity index is 802. The molecule has 9 nitrogen and oxygen atoms in total. The van der Waals surface area contributed by atoms with Gasteiger partial charge in [0, 0.05) is 39.0 Å². The first-order chi connectivity index (χ1) is 15.4. The number of aryl methyl sites for hydroxylation is 1. The van der Waals surface area contributed by atoms with Crippen molar-refractivity contribution in [3.63, 3.8) is 0 Å². The Kier molecular flexibility index (Phi) is 8.58. The number of nitrogens with zero attached hydrogens (tertiary/aromatic N) is 2. The summed E-state index contributed by atoms with van der Waals surface area (Å²) in [6.07, 6.45) is 1.82. The number of rotatable bonds is 8. The van der Waals surface area contributed by atoms with E-state index < -0.39 is 12.2 Å². The van der Waals surface area contributed by atoms with Crippen LogP contribution in [0.5, 0.6) is 11.5 Å². The summed E-state index contributed by atoms with van der Waals surface area (Å²) in [5.74, 6) is 0.917. The summed E-state index contributed by atoms with van der Waals surface area (Å²) in [6, 6.07) is 3.63. The lowest BCUT2D eigenvalue weighted by Gasteiger charge is -2.36. The molecule has 1 unspecified atom stereocenters. The smallest absolute Gasteiger partial charge is 0.407 e. The van der Waals surface area contributed by atoms with Crippen LogP contribution < -0.4 is 14.8 Å². The van der Waals surface area contributed by atoms with Gasteiger partial charge in [0.25, 0.3) is 5.91 Å². The molecule has 178 valence electrons. The van der Waals surface area contributed by atoms with Gasteiger partial charge in [0.1, 0.15) is 0 Å². The second kappa shape index (κ2) is 11.4. The van der Waals surface area contributed by atoms with E-state index in [-0.39, 0.29) is 11.8 Å². The fourth-order valence-electron chi connectivity index (χ4n) is 4.16. The number of carbonyl (C=O) groups excluding carboxylic acids is 1. The van der Waals surface area contributed by atoms with Gasteiger partial charge in [-0.25, -0.2) is 4.79 Å². The van der Waals surface area contributed by atoms with Crippen LogP contribution in [0, 0.1) is 12.8 Å². The van der Waals surface area contributed by atoms with Crippen molar-refractivity contribution in [2.75, 3.05) is 53.0 Å². The number of ether oxygens (including phenoxy) is 2. The van der Waals surface area contributed by atoms with Gasteiger partial charge in [0.05, 0.1) is 24.9 Å². The fourth-order valence-corrected chi connectivity index (χ4v) is 4.16. The number of fused-ring (bicyclic) bond motifs is 1. The van der Waals surface area contributed by atoms with Crippen molar-refractivity contribution in [1.82, 2.24) is 15.1 Å². The van der Waals surface area contributed by atoms with Crippen LogP contribution in [0.1, 0.15) is 41.6 Å². The van der Waals surface area contributed by atoms with Crippen LogP contribution in [-0.4, -0.2) is 91.1 Å². The van der Waals surface area contributed by atoms with Gasteiger partial charge >= 0.3 is 6.09 Å². The van der Waals surface area contributed by atoms with Crippen LogP contribution in [0.2, 0.25) is 0 Å². The number of hydrogen-bond donors (Lipinski definition) is 3. The van der Waals surface area contributed by atoms with Gasteiger partial charge in [-0.2, -0.15) is 0 Å². The van der Waals surface area contributed by atoms with E-state index in [2.05, 4.69) is 10.2 Å². The zero-order chi connectivity index (χ0) is 23.1. The lowest BCUT2D eigenvalue weighted by atomic mass is 9.93. The zero-order valence-corrected chi connectivity index (χ0v) is 19.0. The minimum Gasteiger partial charge on any atom is -0.489 e. The van der Waals surface area contributed by atoms with E-state index in [1.54, 1.807) is 13.1 Å². The Morgan fingerprint density at radius 2 is 1.97 bits per heavy atom. The highest BCUT2D eigenvalue weighted by atomic mass is 16.5. The minimum absolute atomic E-state index is 0.00503. The number of aliphatic hydroxyl groups is 1. The number of β-amino-alcohol motifs (C(OH)–C–C–N with tert-alkyl or cyclic N) is 1. The van der Waals surface area contributed by atoms with E-state index in [1.165, 1.54) is 4.90 Å². The molecule has 2 atom stereocenters. The highest BCUT2D eigenvalue weighted by Crippen LogP contribution is 2.36. The number of benzene rings is 1. The van der Waals surface area contributed by atoms with Gasteiger partial charge in [-0.15, -0.1) is 0 Å². The summed E-state index contributed by atoms with van der Waals surface area (Å²) in [4.78, 5) is 27.1. The molecule has 2 heterocycles. The molecule has 0 spiro atoms. The standard InChI is InChI=1S/C23H35N3O6/c1-16-6-7-18(21-20(16)31-12-5-13-32-21)22(28)24-14-17-8-11-26(15-19(17)27)10-4-3-9-25(2)23(29)30/h6-7,17,19,27H,3-5,8-15H2,1-2H3,(H,24,28)(H,29,30)/t17-,19?/m0/s1. The highest BCUT2D eigenvalue weighted by Gasteiger charge is 2.28. The Morgan fingerprint density at radius 1 is 1.22 bits per heavy atom. The summed E-state index contributed by atoms with van der Waals surface area (Å²) >= 11 is 0. The Morgan fingerprint density at radius 3 is 2.69 bits per heavy atom. The predicted molar refractivity (Wildman–Crippen MR) is 120 cm³/mol. The molecular formula is C23H35N3O6. The first kappa shape index (κ1) is 24.1. The van der Waals surface area contributed by atoms with E-state index in [0.717, 1.165) is 44.3 Å². The van der Waals surface area contributed by atoms with Gasteiger partial charge in [-0.05, 0) is 50.9 Å². The van der Waals surface area contributed by atoms with E-state index in [0.29, 0.717) is 49.9 Å². The number of amides is 2. The van der Waals surface area contributed by atoms with Gasteiger partial charge in [0.2, 0.25) is 0 Å². The molecule has 3 rings (SSSR count). The topological polar surface area (TPSA) is 112 Å². The minimum atomic E-state index is -0.913. The molecule has 9 heteroatoms. The number of piperidine rings is 1. The number of carbonyl (C=O) groups is 2. The van der Waals surface area contributed by atoms with Crippen molar-refractivity contribution in [1.29, 1.82) is 0 Å². The van der Waals surface area contributed by atoms with Crippen molar-refractivity contribution in [2.24, 2.45) is 5.92 Å². The maximum absolute atomic E-state index is 12.8. The fraction of sp³-hybridized carbons (Fsp3) is 0.652. The van der Waals surface area contributed by atoms with E-state index in [1.807, 2.05) is 13.0 Å². The molecule has 0 radical (unpaired) electrons. The molecule has 2 aliphatic rings. The van der Waals surface area contributed by atoms with Crippen LogP contribution in [0.25, 0.3) is 0 Å². The van der Waals surface area contributed by atoms with Crippen molar-refractivity contribution in [3.05, 3.63) is 23.3 Å². The number of nitrogens with one attached hydrogen (secondary N) is 1. The molecule has 3 N–H and O–H groups in total. The second-order valence-corrected chi connectivity index (χ2v) is 8.68. The maximum atomic E-state index is 12.8. The average Bonchev–Trinajstić information content (AvgIpc) is 3.03. The van der Waals surface area contributed by atoms with Crippen LogP contribution in [0.15, 0.2) is 12.1 Å². The third-order valence-electron chi connectivity index (χ3n) is 6.21. The van der Waals surface area contributed by atoms with E-state index in [9.17, 15) is 14.7 Å². The molecule has 0 aliphatic carbocycles. The largest absolute Gasteiger partial charge is 0.489 e. The van der Waals surface area contributed by atoms with Crippen LogP contribution in [-0.2, 0) is 0 Å². The summed E-state index contributed by atoms with van der Waals surface area (Å²) in [7, 11) is 1.57. The molecule has 1 fully saturated rings. The monoisotopic (exact) mass is 449 g/mol. The number of aliphatic hydroxyl groups excluding tert-OH is 1. The normalized spacial score (nSPS) is 21.0. The van der Waals surface area contributed by atoms with Crippen LogP contribution >= 0.6 is 0 Å². The summed E-state index contributed by atoms with van der Waals surface area (Å²) in [5.41, 5.74) is 1.40. The Balaban J connectivity index is 1.45. The molecular weight excluding hydrogens is 414 g/mol. The van der Waals surface area contributed by atoms with Gasteiger partial charge in [0.15, 0.2) is 11.5 Å². The maximum Gasteiger partial charge on any atom is 0.407 e. The van der Waals surface area contributed by atoms with Gasteiger partial charge in [-0.3, -0.25) is 4.79 Å². The number of likely N-dealkylation sites (tertiary alicyclic amines) is 1. The first-order valence-corrected chi connectivity index (χ1v) is 11.4. The van der Waals surface area contributed by atoms with E-state index >= 15 is 0 Å². The molecule has 0 bridgehead atoms. The van der Waals surface area contributed by atoms with Gasteiger partial charge in [-0.1, -0.05) is 6.07 Å². The number of hydrogen-bond acceptors (Lipinski definition) is 6. The lowest BCUT2D eigenvalue weighted by molar-refractivity contribution is 0.0214. The third kappa shape index (κ3) is 6.26. The molecule has 32 heavy (non-hydrogen) atoms. The van der Waals surface area contributed by atoms with Crippen molar-refractivity contribution >= 4 is 12.0 Å². The lowest BCUT2D eigenvalue weighted by Crippen LogP contribution is -2.47. The molecule has 0 aromatic heterocycles. The number of carboxylic acid groups (broad SMARTS) is 1. The zero-order valence-electron chi connectivity index (χ0n) is 19.0. The quantitative estimate of drug-likeness (QED) is 0.520. The predicted octanol–water partition coefficient (Wildman–Crippen LogP) is 1.96. The first-order valence-electron chi connectivity index (χ1n) is 11.4. The highest BCUT2D eigenvalue weighted by molar-refractivity contribution is 5.98. The van der Waals surface area contributed by atoms with E-state index in [4.69, 9.17) is 14.6 Å². The molecule has 1 aromatic rings. The molecule has 1 saturated heterocycles. The van der Waals surface area contributed by atoms with Crippen LogP contribution in [0.3, 0.4) is 0 Å². The summed E-state index contributed by atoms with van der Waals surface area (Å²) in [6.45, 7) is 6.18.